The molecule has 130 valence electrons. The first-order valence-electron chi connectivity index (χ1n) is 8.70. The number of para-hydroxylation sites is 1. The van der Waals surface area contributed by atoms with Gasteiger partial charge in [0, 0.05) is 55.3 Å². The smallest absolute Gasteiger partial charge is 0.110 e. The maximum atomic E-state index is 4.63. The monoisotopic (exact) mass is 343 g/mol. The topological polar surface area (TPSA) is 54.8 Å². The van der Waals surface area contributed by atoms with Gasteiger partial charge in [0.05, 0.1) is 11.4 Å². The number of anilines is 2. The molecular weight excluding hydrogens is 322 g/mol. The van der Waals surface area contributed by atoms with Gasteiger partial charge in [0.1, 0.15) is 5.69 Å². The molecule has 4 aromatic rings. The van der Waals surface area contributed by atoms with E-state index in [0.29, 0.717) is 0 Å². The number of nitrogens with one attached hydrogen (secondary N) is 2. The van der Waals surface area contributed by atoms with Crippen molar-refractivity contribution >= 4 is 22.3 Å². The SMILES string of the molecule is Cn1c(-c2ncccc2NCCNc2ccncc2)cc2ccccc21. The van der Waals surface area contributed by atoms with Crippen molar-refractivity contribution in [3.63, 3.8) is 0 Å². The molecule has 0 aliphatic carbocycles. The van der Waals surface area contributed by atoms with Gasteiger partial charge in [-0.1, -0.05) is 18.2 Å². The minimum atomic E-state index is 0.797. The molecule has 0 bridgehead atoms. The second-order valence-corrected chi connectivity index (χ2v) is 6.14. The summed E-state index contributed by atoms with van der Waals surface area (Å²) in [6.07, 6.45) is 5.41. The number of rotatable bonds is 6. The first-order valence-corrected chi connectivity index (χ1v) is 8.70. The lowest BCUT2D eigenvalue weighted by atomic mass is 10.2. The molecule has 0 unspecified atom stereocenters. The van der Waals surface area contributed by atoms with Gasteiger partial charge in [-0.2, -0.15) is 0 Å². The van der Waals surface area contributed by atoms with Crippen LogP contribution in [-0.4, -0.2) is 27.6 Å². The molecule has 0 atom stereocenters. The quantitative estimate of drug-likeness (QED) is 0.516. The van der Waals surface area contributed by atoms with Crippen molar-refractivity contribution in [1.82, 2.24) is 14.5 Å². The van der Waals surface area contributed by atoms with E-state index in [1.54, 1.807) is 12.4 Å². The summed E-state index contributed by atoms with van der Waals surface area (Å²) in [4.78, 5) is 8.66. The highest BCUT2D eigenvalue weighted by atomic mass is 15.0. The molecule has 3 aromatic heterocycles. The van der Waals surface area contributed by atoms with Crippen molar-refractivity contribution < 1.29 is 0 Å². The molecule has 0 spiro atoms. The summed E-state index contributed by atoms with van der Waals surface area (Å²) in [6.45, 7) is 1.61. The van der Waals surface area contributed by atoms with Crippen molar-refractivity contribution in [2.24, 2.45) is 7.05 Å². The number of aryl methyl sites for hydroxylation is 1. The van der Waals surface area contributed by atoms with Gasteiger partial charge < -0.3 is 15.2 Å². The Labute approximate surface area is 152 Å². The number of fused-ring (bicyclic) bond motifs is 1. The second kappa shape index (κ2) is 7.27. The summed E-state index contributed by atoms with van der Waals surface area (Å²) >= 11 is 0. The molecule has 5 nitrogen and oxygen atoms in total. The van der Waals surface area contributed by atoms with Crippen LogP contribution in [0.15, 0.2) is 73.2 Å². The van der Waals surface area contributed by atoms with Gasteiger partial charge >= 0.3 is 0 Å². The first kappa shape index (κ1) is 16.1. The molecular formula is C21H21N5. The summed E-state index contributed by atoms with van der Waals surface area (Å²) in [5.74, 6) is 0. The summed E-state index contributed by atoms with van der Waals surface area (Å²) in [5, 5.41) is 8.10. The van der Waals surface area contributed by atoms with Crippen LogP contribution in [-0.2, 0) is 7.05 Å². The second-order valence-electron chi connectivity index (χ2n) is 6.14. The Bertz CT molecular complexity index is 1010. The maximum absolute atomic E-state index is 4.63. The van der Waals surface area contributed by atoms with E-state index in [-0.39, 0.29) is 0 Å². The molecule has 0 amide bonds. The van der Waals surface area contributed by atoms with Gasteiger partial charge in [0.15, 0.2) is 0 Å². The van der Waals surface area contributed by atoms with Crippen molar-refractivity contribution in [3.8, 4) is 11.4 Å². The lowest BCUT2D eigenvalue weighted by Gasteiger charge is -2.13. The number of hydrogen-bond donors (Lipinski definition) is 2. The summed E-state index contributed by atoms with van der Waals surface area (Å²) in [7, 11) is 2.08. The molecule has 5 heteroatoms. The van der Waals surface area contributed by atoms with Gasteiger partial charge in [-0.25, -0.2) is 0 Å². The molecule has 4 rings (SSSR count). The molecule has 0 saturated heterocycles. The van der Waals surface area contributed by atoms with E-state index in [0.717, 1.165) is 35.9 Å². The number of aromatic nitrogens is 3. The fourth-order valence-corrected chi connectivity index (χ4v) is 3.14. The van der Waals surface area contributed by atoms with Gasteiger partial charge in [-0.05, 0) is 36.4 Å². The van der Waals surface area contributed by atoms with E-state index in [1.807, 2.05) is 24.4 Å². The molecule has 3 heterocycles. The van der Waals surface area contributed by atoms with Crippen molar-refractivity contribution in [1.29, 1.82) is 0 Å². The third kappa shape index (κ3) is 3.24. The normalized spacial score (nSPS) is 10.8. The Kier molecular flexibility index (Phi) is 4.51. The van der Waals surface area contributed by atoms with E-state index in [4.69, 9.17) is 0 Å². The zero-order valence-electron chi connectivity index (χ0n) is 14.7. The molecule has 0 fully saturated rings. The standard InChI is InChI=1S/C21H21N5/c1-26-19-7-3-2-5-16(19)15-20(26)21-18(6-4-10-25-21)24-14-13-23-17-8-11-22-12-9-17/h2-12,15,24H,13-14H2,1H3,(H,22,23). The zero-order chi connectivity index (χ0) is 17.8. The van der Waals surface area contributed by atoms with Crippen LogP contribution < -0.4 is 10.6 Å². The highest BCUT2D eigenvalue weighted by Gasteiger charge is 2.12. The van der Waals surface area contributed by atoms with Crippen LogP contribution in [0.5, 0.6) is 0 Å². The predicted molar refractivity (Wildman–Crippen MR) is 107 cm³/mol. The molecule has 0 aliphatic rings. The van der Waals surface area contributed by atoms with Crippen molar-refractivity contribution in [3.05, 3.63) is 73.2 Å². The van der Waals surface area contributed by atoms with Crippen LogP contribution in [0.25, 0.3) is 22.3 Å². The Morgan fingerprint density at radius 1 is 0.885 bits per heavy atom. The van der Waals surface area contributed by atoms with Crippen LogP contribution in [0.1, 0.15) is 0 Å². The minimum absolute atomic E-state index is 0.797. The highest BCUT2D eigenvalue weighted by molar-refractivity contribution is 5.88. The van der Waals surface area contributed by atoms with Gasteiger partial charge in [-0.15, -0.1) is 0 Å². The van der Waals surface area contributed by atoms with Crippen molar-refractivity contribution in [2.75, 3.05) is 23.7 Å². The van der Waals surface area contributed by atoms with Crippen LogP contribution >= 0.6 is 0 Å². The Hall–Kier alpha value is -3.34. The third-order valence-electron chi connectivity index (χ3n) is 4.45. The Balaban J connectivity index is 1.52. The molecule has 26 heavy (non-hydrogen) atoms. The molecule has 2 N–H and O–H groups in total. The summed E-state index contributed by atoms with van der Waals surface area (Å²) in [6, 6.07) is 18.6. The number of benzene rings is 1. The Morgan fingerprint density at radius 2 is 1.69 bits per heavy atom. The average molecular weight is 343 g/mol. The van der Waals surface area contributed by atoms with Crippen molar-refractivity contribution in [2.45, 2.75) is 0 Å². The van der Waals surface area contributed by atoms with Gasteiger partial charge in [0.2, 0.25) is 0 Å². The largest absolute Gasteiger partial charge is 0.383 e. The van der Waals surface area contributed by atoms with E-state index >= 15 is 0 Å². The fraction of sp³-hybridized carbons (Fsp3) is 0.143. The summed E-state index contributed by atoms with van der Waals surface area (Å²) in [5.41, 5.74) is 5.39. The molecule has 1 aromatic carbocycles. The van der Waals surface area contributed by atoms with Gasteiger partial charge in [0.25, 0.3) is 0 Å². The number of hydrogen-bond acceptors (Lipinski definition) is 4. The molecule has 0 radical (unpaired) electrons. The van der Waals surface area contributed by atoms with Crippen LogP contribution in [0, 0.1) is 0 Å². The van der Waals surface area contributed by atoms with E-state index in [9.17, 15) is 0 Å². The van der Waals surface area contributed by atoms with E-state index < -0.39 is 0 Å². The molecule has 0 aliphatic heterocycles. The Morgan fingerprint density at radius 3 is 2.54 bits per heavy atom. The van der Waals surface area contributed by atoms with Gasteiger partial charge in [-0.3, -0.25) is 9.97 Å². The highest BCUT2D eigenvalue weighted by Crippen LogP contribution is 2.30. The minimum Gasteiger partial charge on any atom is -0.383 e. The predicted octanol–water partition coefficient (Wildman–Crippen LogP) is 4.16. The molecule has 0 saturated carbocycles. The maximum Gasteiger partial charge on any atom is 0.110 e. The summed E-state index contributed by atoms with van der Waals surface area (Å²) < 4.78 is 2.19. The average Bonchev–Trinajstić information content (AvgIpc) is 3.03. The lowest BCUT2D eigenvalue weighted by Crippen LogP contribution is -2.14. The number of nitrogens with zero attached hydrogens (tertiary/aromatic N) is 3. The number of pyridine rings is 2. The van der Waals surface area contributed by atoms with Crippen LogP contribution in [0.4, 0.5) is 11.4 Å². The van der Waals surface area contributed by atoms with E-state index in [1.165, 1.54) is 10.9 Å². The van der Waals surface area contributed by atoms with Crippen LogP contribution in [0.3, 0.4) is 0 Å². The third-order valence-corrected chi connectivity index (χ3v) is 4.45. The van der Waals surface area contributed by atoms with E-state index in [2.05, 4.69) is 68.6 Å². The lowest BCUT2D eigenvalue weighted by molar-refractivity contribution is 0.969. The first-order chi connectivity index (χ1) is 12.8. The van der Waals surface area contributed by atoms with Crippen LogP contribution in [0.2, 0.25) is 0 Å². The fourth-order valence-electron chi connectivity index (χ4n) is 3.14. The zero-order valence-corrected chi connectivity index (χ0v) is 14.7.